The van der Waals surface area contributed by atoms with E-state index in [2.05, 4.69) is 51.5 Å². The van der Waals surface area contributed by atoms with Gasteiger partial charge in [0.15, 0.2) is 0 Å². The van der Waals surface area contributed by atoms with Crippen molar-refractivity contribution in [3.05, 3.63) is 65.2 Å². The van der Waals surface area contributed by atoms with Gasteiger partial charge in [0.2, 0.25) is 0 Å². The van der Waals surface area contributed by atoms with Crippen molar-refractivity contribution in [2.45, 2.75) is 37.9 Å². The van der Waals surface area contributed by atoms with Gasteiger partial charge < -0.3 is 15.1 Å². The molecule has 0 bridgehead atoms. The predicted molar refractivity (Wildman–Crippen MR) is 103 cm³/mol. The van der Waals surface area contributed by atoms with E-state index in [4.69, 9.17) is 0 Å². The molecule has 26 heavy (non-hydrogen) atoms. The molecule has 134 valence electrons. The highest BCUT2D eigenvalue weighted by molar-refractivity contribution is 5.95. The van der Waals surface area contributed by atoms with Crippen LogP contribution in [0.25, 0.3) is 0 Å². The Morgan fingerprint density at radius 1 is 0.962 bits per heavy atom. The fourth-order valence-electron chi connectivity index (χ4n) is 4.92. The Morgan fingerprint density at radius 2 is 1.69 bits per heavy atom. The first-order chi connectivity index (χ1) is 12.8. The molecule has 2 fully saturated rings. The van der Waals surface area contributed by atoms with Crippen molar-refractivity contribution in [2.75, 3.05) is 24.5 Å². The number of nitrogens with one attached hydrogen (secondary N) is 1. The zero-order valence-corrected chi connectivity index (χ0v) is 15.1. The maximum atomic E-state index is 13.1. The molecule has 2 aromatic rings. The number of hydrogen-bond donors (Lipinski definition) is 1. The molecule has 1 atom stereocenters. The Labute approximate surface area is 154 Å². The van der Waals surface area contributed by atoms with Crippen LogP contribution >= 0.6 is 0 Å². The molecular weight excluding hydrogens is 322 g/mol. The molecule has 0 aliphatic carbocycles. The number of likely N-dealkylation sites (tertiary alicyclic amines) is 1. The topological polar surface area (TPSA) is 35.6 Å². The first-order valence-corrected chi connectivity index (χ1v) is 9.70. The number of carbonyl (C=O) groups is 1. The number of carbonyl (C=O) groups excluding carboxylic acids is 1. The second-order valence-corrected chi connectivity index (χ2v) is 7.88. The lowest BCUT2D eigenvalue weighted by Gasteiger charge is -2.34. The monoisotopic (exact) mass is 347 g/mol. The van der Waals surface area contributed by atoms with Gasteiger partial charge in [-0.1, -0.05) is 24.3 Å². The first-order valence-electron chi connectivity index (χ1n) is 9.70. The maximum Gasteiger partial charge on any atom is 0.254 e. The third kappa shape index (κ3) is 2.52. The quantitative estimate of drug-likeness (QED) is 0.906. The van der Waals surface area contributed by atoms with E-state index in [9.17, 15) is 4.79 Å². The summed E-state index contributed by atoms with van der Waals surface area (Å²) >= 11 is 0. The van der Waals surface area contributed by atoms with Gasteiger partial charge in [0.25, 0.3) is 5.91 Å². The molecule has 3 heterocycles. The molecule has 1 spiro atoms. The Kier molecular flexibility index (Phi) is 3.75. The standard InChI is InChI=1S/C22H25N3O/c26-21(25-13-3-10-22(25)11-12-23-16-22)17-6-8-20(9-7-17)24-14-18-4-1-2-5-19(18)15-24/h1-2,4-9,23H,3,10-16H2. The molecule has 1 N–H and O–H groups in total. The third-order valence-electron chi connectivity index (χ3n) is 6.38. The molecule has 3 aliphatic heterocycles. The second kappa shape index (κ2) is 6.13. The third-order valence-corrected chi connectivity index (χ3v) is 6.38. The number of anilines is 1. The van der Waals surface area contributed by atoms with Crippen LogP contribution in [0.4, 0.5) is 5.69 Å². The normalized spacial score (nSPS) is 24.5. The van der Waals surface area contributed by atoms with Gasteiger partial charge in [-0.2, -0.15) is 0 Å². The lowest BCUT2D eigenvalue weighted by Crippen LogP contribution is -2.48. The summed E-state index contributed by atoms with van der Waals surface area (Å²) in [7, 11) is 0. The van der Waals surface area contributed by atoms with Gasteiger partial charge in [-0.05, 0) is 61.2 Å². The average Bonchev–Trinajstić information content (AvgIpc) is 3.41. The second-order valence-electron chi connectivity index (χ2n) is 7.88. The summed E-state index contributed by atoms with van der Waals surface area (Å²) < 4.78 is 0. The van der Waals surface area contributed by atoms with Crippen molar-refractivity contribution in [3.8, 4) is 0 Å². The molecule has 1 amide bonds. The van der Waals surface area contributed by atoms with E-state index in [1.165, 1.54) is 16.8 Å². The molecule has 4 heteroatoms. The van der Waals surface area contributed by atoms with Crippen molar-refractivity contribution in [1.82, 2.24) is 10.2 Å². The largest absolute Gasteiger partial charge is 0.363 e. The van der Waals surface area contributed by atoms with Crippen LogP contribution < -0.4 is 10.2 Å². The van der Waals surface area contributed by atoms with Crippen molar-refractivity contribution in [2.24, 2.45) is 0 Å². The minimum absolute atomic E-state index is 0.0619. The highest BCUT2D eigenvalue weighted by Gasteiger charge is 2.45. The number of rotatable bonds is 2. The van der Waals surface area contributed by atoms with Crippen molar-refractivity contribution < 1.29 is 4.79 Å². The fraction of sp³-hybridized carbons (Fsp3) is 0.409. The molecule has 0 saturated carbocycles. The van der Waals surface area contributed by atoms with E-state index in [0.717, 1.165) is 57.5 Å². The van der Waals surface area contributed by atoms with Crippen LogP contribution in [0.1, 0.15) is 40.7 Å². The maximum absolute atomic E-state index is 13.1. The predicted octanol–water partition coefficient (Wildman–Crippen LogP) is 3.17. The van der Waals surface area contributed by atoms with Crippen molar-refractivity contribution >= 4 is 11.6 Å². The molecule has 2 saturated heterocycles. The van der Waals surface area contributed by atoms with Gasteiger partial charge >= 0.3 is 0 Å². The summed E-state index contributed by atoms with van der Waals surface area (Å²) in [6.07, 6.45) is 3.34. The van der Waals surface area contributed by atoms with E-state index in [1.54, 1.807) is 0 Å². The Bertz CT molecular complexity index is 793. The number of benzene rings is 2. The summed E-state index contributed by atoms with van der Waals surface area (Å²) in [6.45, 7) is 4.76. The first kappa shape index (κ1) is 15.9. The number of fused-ring (bicyclic) bond motifs is 1. The van der Waals surface area contributed by atoms with Gasteiger partial charge in [0.05, 0.1) is 5.54 Å². The zero-order valence-electron chi connectivity index (χ0n) is 15.1. The highest BCUT2D eigenvalue weighted by atomic mass is 16.2. The molecule has 5 rings (SSSR count). The van der Waals surface area contributed by atoms with Gasteiger partial charge in [0, 0.05) is 37.4 Å². The summed E-state index contributed by atoms with van der Waals surface area (Å²) in [4.78, 5) is 17.6. The summed E-state index contributed by atoms with van der Waals surface area (Å²) in [5, 5.41) is 3.45. The molecular formula is C22H25N3O. The Balaban J connectivity index is 1.33. The minimum atomic E-state index is 0.0619. The fourth-order valence-corrected chi connectivity index (χ4v) is 4.92. The van der Waals surface area contributed by atoms with Gasteiger partial charge in [-0.25, -0.2) is 0 Å². The van der Waals surface area contributed by atoms with E-state index in [1.807, 2.05) is 12.1 Å². The van der Waals surface area contributed by atoms with E-state index in [0.29, 0.717) is 0 Å². The smallest absolute Gasteiger partial charge is 0.254 e. The number of hydrogen-bond acceptors (Lipinski definition) is 3. The van der Waals surface area contributed by atoms with Gasteiger partial charge in [-0.15, -0.1) is 0 Å². The van der Waals surface area contributed by atoms with Crippen LogP contribution in [-0.4, -0.2) is 36.0 Å². The lowest BCUT2D eigenvalue weighted by molar-refractivity contribution is 0.0625. The van der Waals surface area contributed by atoms with Crippen LogP contribution in [0.3, 0.4) is 0 Å². The van der Waals surface area contributed by atoms with Crippen LogP contribution in [0.2, 0.25) is 0 Å². The highest BCUT2D eigenvalue weighted by Crippen LogP contribution is 2.36. The minimum Gasteiger partial charge on any atom is -0.363 e. The summed E-state index contributed by atoms with van der Waals surface area (Å²) in [5.74, 6) is 0.197. The van der Waals surface area contributed by atoms with Crippen LogP contribution in [-0.2, 0) is 13.1 Å². The molecule has 2 aromatic carbocycles. The van der Waals surface area contributed by atoms with E-state index >= 15 is 0 Å². The lowest BCUT2D eigenvalue weighted by atomic mass is 9.94. The zero-order chi connectivity index (χ0) is 17.6. The molecule has 4 nitrogen and oxygen atoms in total. The summed E-state index contributed by atoms with van der Waals surface area (Å²) in [6, 6.07) is 16.8. The number of amides is 1. The van der Waals surface area contributed by atoms with Crippen molar-refractivity contribution in [1.29, 1.82) is 0 Å². The van der Waals surface area contributed by atoms with E-state index in [-0.39, 0.29) is 11.4 Å². The molecule has 0 aromatic heterocycles. The van der Waals surface area contributed by atoms with Gasteiger partial charge in [-0.3, -0.25) is 4.79 Å². The van der Waals surface area contributed by atoms with Gasteiger partial charge in [0.1, 0.15) is 0 Å². The average molecular weight is 347 g/mol. The SMILES string of the molecule is O=C(c1ccc(N2Cc3ccccc3C2)cc1)N1CCCC12CCNC2. The number of nitrogens with zero attached hydrogens (tertiary/aromatic N) is 2. The molecule has 0 radical (unpaired) electrons. The Morgan fingerprint density at radius 3 is 2.35 bits per heavy atom. The van der Waals surface area contributed by atoms with Crippen LogP contribution in [0.15, 0.2) is 48.5 Å². The van der Waals surface area contributed by atoms with Crippen molar-refractivity contribution in [3.63, 3.8) is 0 Å². The molecule has 3 aliphatic rings. The van der Waals surface area contributed by atoms with Crippen LogP contribution in [0.5, 0.6) is 0 Å². The van der Waals surface area contributed by atoms with E-state index < -0.39 is 0 Å². The summed E-state index contributed by atoms with van der Waals surface area (Å²) in [5.41, 5.74) is 4.88. The Hall–Kier alpha value is -2.33. The molecule has 1 unspecified atom stereocenters. The van der Waals surface area contributed by atoms with Crippen LogP contribution in [0, 0.1) is 0 Å².